The van der Waals surface area contributed by atoms with Crippen molar-refractivity contribution in [1.29, 1.82) is 0 Å². The maximum absolute atomic E-state index is 10.7. The minimum Gasteiger partial charge on any atom is -0.365 e. The molecule has 2 atom stereocenters. The van der Waals surface area contributed by atoms with Gasteiger partial charge in [0.05, 0.1) is 6.10 Å². The van der Waals surface area contributed by atoms with Crippen LogP contribution in [-0.2, 0) is 9.53 Å². The Hall–Kier alpha value is -0.800. The first-order valence-corrected chi connectivity index (χ1v) is 6.59. The minimum atomic E-state index is 0.205. The highest BCUT2D eigenvalue weighted by molar-refractivity contribution is 8.13. The van der Waals surface area contributed by atoms with E-state index < -0.39 is 0 Å². The predicted octanol–water partition coefficient (Wildman–Crippen LogP) is 3.19. The number of rotatable bonds is 5. The van der Waals surface area contributed by atoms with Crippen LogP contribution < -0.4 is 0 Å². The van der Waals surface area contributed by atoms with Crippen molar-refractivity contribution in [2.24, 2.45) is 0 Å². The molecule has 16 heavy (non-hydrogen) atoms. The number of hydrogen-bond acceptors (Lipinski definition) is 3. The molecule has 3 heteroatoms. The van der Waals surface area contributed by atoms with Crippen LogP contribution in [0.25, 0.3) is 0 Å². The summed E-state index contributed by atoms with van der Waals surface area (Å²) in [7, 11) is 0. The predicted molar refractivity (Wildman–Crippen MR) is 66.4 cm³/mol. The molecule has 2 rings (SSSR count). The number of ether oxygens (including phenoxy) is 1. The lowest BCUT2D eigenvalue weighted by atomic mass is 10.1. The number of hydrogen-bond donors (Lipinski definition) is 0. The molecular formula is C13H16O2S. The van der Waals surface area contributed by atoms with Crippen LogP contribution in [0.15, 0.2) is 30.3 Å². The van der Waals surface area contributed by atoms with Crippen LogP contribution in [0.3, 0.4) is 0 Å². The summed E-state index contributed by atoms with van der Waals surface area (Å²) >= 11 is 1.40. The molecule has 1 aromatic rings. The molecule has 0 N–H and O–H groups in total. The minimum absolute atomic E-state index is 0.205. The number of epoxide rings is 1. The third-order valence-corrected chi connectivity index (χ3v) is 3.55. The van der Waals surface area contributed by atoms with E-state index >= 15 is 0 Å². The van der Waals surface area contributed by atoms with E-state index in [4.69, 9.17) is 4.74 Å². The second kappa shape index (κ2) is 5.51. The molecule has 0 amide bonds. The fourth-order valence-electron chi connectivity index (χ4n) is 1.80. The Kier molecular flexibility index (Phi) is 4.02. The molecule has 1 aromatic carbocycles. The molecule has 0 radical (unpaired) electrons. The van der Waals surface area contributed by atoms with Gasteiger partial charge in [0, 0.05) is 12.7 Å². The molecule has 86 valence electrons. The molecule has 1 saturated heterocycles. The van der Waals surface area contributed by atoms with E-state index in [1.807, 2.05) is 18.2 Å². The normalized spacial score (nSPS) is 23.1. The van der Waals surface area contributed by atoms with Gasteiger partial charge in [-0.15, -0.1) is 0 Å². The van der Waals surface area contributed by atoms with Crippen LogP contribution in [0, 0.1) is 0 Å². The van der Waals surface area contributed by atoms with E-state index in [0.29, 0.717) is 12.2 Å². The highest BCUT2D eigenvalue weighted by Gasteiger charge is 2.38. The summed E-state index contributed by atoms with van der Waals surface area (Å²) in [6.07, 6.45) is 2.77. The lowest BCUT2D eigenvalue weighted by Crippen LogP contribution is -1.92. The van der Waals surface area contributed by atoms with Crippen LogP contribution in [0.1, 0.15) is 31.4 Å². The smallest absolute Gasteiger partial charge is 0.185 e. The summed E-state index contributed by atoms with van der Waals surface area (Å²) in [5, 5.41) is 0.205. The average Bonchev–Trinajstić information content (AvgIpc) is 3.05. The average molecular weight is 236 g/mol. The highest BCUT2D eigenvalue weighted by Crippen LogP contribution is 2.41. The van der Waals surface area contributed by atoms with Crippen molar-refractivity contribution in [3.8, 4) is 0 Å². The lowest BCUT2D eigenvalue weighted by Gasteiger charge is -1.96. The van der Waals surface area contributed by atoms with Crippen molar-refractivity contribution in [2.75, 3.05) is 5.75 Å². The monoisotopic (exact) mass is 236 g/mol. The van der Waals surface area contributed by atoms with Crippen LogP contribution in [0.4, 0.5) is 0 Å². The van der Waals surface area contributed by atoms with Crippen molar-refractivity contribution < 1.29 is 9.53 Å². The Balaban J connectivity index is 1.66. The third kappa shape index (κ3) is 3.35. The Labute approximate surface area is 100 Å². The van der Waals surface area contributed by atoms with E-state index in [1.165, 1.54) is 17.3 Å². The zero-order chi connectivity index (χ0) is 11.4. The zero-order valence-electron chi connectivity index (χ0n) is 9.39. The van der Waals surface area contributed by atoms with Gasteiger partial charge in [-0.2, -0.15) is 0 Å². The van der Waals surface area contributed by atoms with Gasteiger partial charge in [-0.3, -0.25) is 4.79 Å². The Morgan fingerprint density at radius 2 is 2.12 bits per heavy atom. The Morgan fingerprint density at radius 1 is 1.38 bits per heavy atom. The SMILES string of the molecule is CC(=O)SCCCC1OC1c1ccccc1. The van der Waals surface area contributed by atoms with Gasteiger partial charge < -0.3 is 4.74 Å². The van der Waals surface area contributed by atoms with Crippen molar-refractivity contribution in [3.05, 3.63) is 35.9 Å². The lowest BCUT2D eigenvalue weighted by molar-refractivity contribution is -0.109. The molecule has 1 heterocycles. The largest absolute Gasteiger partial charge is 0.365 e. The van der Waals surface area contributed by atoms with E-state index in [2.05, 4.69) is 12.1 Å². The van der Waals surface area contributed by atoms with Gasteiger partial charge in [-0.1, -0.05) is 42.1 Å². The van der Waals surface area contributed by atoms with E-state index in [0.717, 1.165) is 18.6 Å². The third-order valence-electron chi connectivity index (χ3n) is 2.65. The topological polar surface area (TPSA) is 29.6 Å². The molecule has 0 spiro atoms. The summed E-state index contributed by atoms with van der Waals surface area (Å²) in [5.74, 6) is 0.913. The molecule has 0 bridgehead atoms. The van der Waals surface area contributed by atoms with E-state index in [1.54, 1.807) is 6.92 Å². The van der Waals surface area contributed by atoms with Gasteiger partial charge in [0.2, 0.25) is 0 Å². The second-order valence-corrected chi connectivity index (χ2v) is 5.26. The highest BCUT2D eigenvalue weighted by atomic mass is 32.2. The second-order valence-electron chi connectivity index (χ2n) is 3.99. The fourth-order valence-corrected chi connectivity index (χ4v) is 2.40. The van der Waals surface area contributed by atoms with Crippen molar-refractivity contribution in [2.45, 2.75) is 32.0 Å². The van der Waals surface area contributed by atoms with Crippen LogP contribution in [0.5, 0.6) is 0 Å². The standard InChI is InChI=1S/C13H16O2S/c1-10(14)16-9-5-8-12-13(15-12)11-6-3-2-4-7-11/h2-4,6-7,12-13H,5,8-9H2,1H3. The molecular weight excluding hydrogens is 220 g/mol. The van der Waals surface area contributed by atoms with Gasteiger partial charge in [-0.05, 0) is 18.4 Å². The molecule has 2 nitrogen and oxygen atoms in total. The van der Waals surface area contributed by atoms with Crippen LogP contribution in [-0.4, -0.2) is 17.0 Å². The zero-order valence-corrected chi connectivity index (χ0v) is 10.2. The Morgan fingerprint density at radius 3 is 2.81 bits per heavy atom. The summed E-state index contributed by atoms with van der Waals surface area (Å²) < 4.78 is 5.62. The molecule has 2 unspecified atom stereocenters. The van der Waals surface area contributed by atoms with Gasteiger partial charge in [-0.25, -0.2) is 0 Å². The summed E-state index contributed by atoms with van der Waals surface area (Å²) in [6.45, 7) is 1.62. The molecule has 0 aliphatic carbocycles. The summed E-state index contributed by atoms with van der Waals surface area (Å²) in [4.78, 5) is 10.7. The molecule has 0 saturated carbocycles. The van der Waals surface area contributed by atoms with Gasteiger partial charge in [0.15, 0.2) is 5.12 Å². The van der Waals surface area contributed by atoms with Crippen LogP contribution in [0.2, 0.25) is 0 Å². The number of thioether (sulfide) groups is 1. The quantitative estimate of drug-likeness (QED) is 0.581. The van der Waals surface area contributed by atoms with Crippen molar-refractivity contribution in [3.63, 3.8) is 0 Å². The first-order valence-electron chi connectivity index (χ1n) is 5.61. The summed E-state index contributed by atoms with van der Waals surface area (Å²) in [6, 6.07) is 10.3. The van der Waals surface area contributed by atoms with Crippen LogP contribution >= 0.6 is 11.8 Å². The van der Waals surface area contributed by atoms with E-state index in [9.17, 15) is 4.79 Å². The molecule has 1 fully saturated rings. The maximum atomic E-state index is 10.7. The number of benzene rings is 1. The van der Waals surface area contributed by atoms with Gasteiger partial charge >= 0.3 is 0 Å². The Bertz CT molecular complexity index is 350. The number of carbonyl (C=O) groups excluding carboxylic acids is 1. The molecule has 1 aliphatic rings. The maximum Gasteiger partial charge on any atom is 0.185 e. The van der Waals surface area contributed by atoms with Crippen molar-refractivity contribution >= 4 is 16.9 Å². The van der Waals surface area contributed by atoms with Gasteiger partial charge in [0.1, 0.15) is 6.10 Å². The van der Waals surface area contributed by atoms with E-state index in [-0.39, 0.29) is 5.12 Å². The molecule has 1 aliphatic heterocycles. The summed E-state index contributed by atoms with van der Waals surface area (Å²) in [5.41, 5.74) is 1.27. The van der Waals surface area contributed by atoms with Gasteiger partial charge in [0.25, 0.3) is 0 Å². The first kappa shape index (κ1) is 11.7. The fraction of sp³-hybridized carbons (Fsp3) is 0.462. The van der Waals surface area contributed by atoms with Crippen molar-refractivity contribution in [1.82, 2.24) is 0 Å². The first-order chi connectivity index (χ1) is 7.77. The number of carbonyl (C=O) groups is 1. The molecule has 0 aromatic heterocycles.